The van der Waals surface area contributed by atoms with Gasteiger partial charge in [-0.15, -0.1) is 0 Å². The molecule has 6 heteroatoms. The number of hydrogen-bond acceptors (Lipinski definition) is 2. The molecule has 0 fully saturated rings. The predicted octanol–water partition coefficient (Wildman–Crippen LogP) is 4.84. The maximum absolute atomic E-state index is 13.7. The molecule has 3 nitrogen and oxygen atoms in total. The number of benzene rings is 2. The van der Waals surface area contributed by atoms with E-state index in [0.717, 1.165) is 5.56 Å². The van der Waals surface area contributed by atoms with E-state index < -0.39 is 11.9 Å². The van der Waals surface area contributed by atoms with Gasteiger partial charge >= 0.3 is 0 Å². The van der Waals surface area contributed by atoms with Gasteiger partial charge in [0.05, 0.1) is 16.1 Å². The Morgan fingerprint density at radius 1 is 1.21 bits per heavy atom. The molecule has 0 radical (unpaired) electrons. The molecule has 1 unspecified atom stereocenters. The highest BCUT2D eigenvalue weighted by molar-refractivity contribution is 6.42. The molecule has 1 atom stereocenters. The minimum absolute atomic E-state index is 0.165. The smallest absolute Gasteiger partial charge is 0.221 e. The van der Waals surface area contributed by atoms with Gasteiger partial charge in [-0.1, -0.05) is 47.5 Å². The van der Waals surface area contributed by atoms with Gasteiger partial charge in [0.1, 0.15) is 11.9 Å². The maximum atomic E-state index is 13.7. The third kappa shape index (κ3) is 4.95. The third-order valence-electron chi connectivity index (χ3n) is 3.50. The van der Waals surface area contributed by atoms with E-state index in [4.69, 9.17) is 28.5 Å². The molecular formula is C18H15Cl2FN2O. The number of carbonyl (C=O) groups excluding carboxylic acids is 1. The van der Waals surface area contributed by atoms with E-state index in [1.165, 1.54) is 18.2 Å². The molecule has 0 bridgehead atoms. The molecule has 24 heavy (non-hydrogen) atoms. The van der Waals surface area contributed by atoms with Crippen molar-refractivity contribution in [2.45, 2.75) is 25.3 Å². The van der Waals surface area contributed by atoms with Crippen LogP contribution in [0.3, 0.4) is 0 Å². The Morgan fingerprint density at radius 2 is 1.96 bits per heavy atom. The first-order valence-corrected chi connectivity index (χ1v) is 8.14. The Kier molecular flexibility index (Phi) is 6.60. The first kappa shape index (κ1) is 18.3. The third-order valence-corrected chi connectivity index (χ3v) is 4.24. The molecule has 0 heterocycles. The van der Waals surface area contributed by atoms with Crippen LogP contribution in [0.1, 0.15) is 30.0 Å². The van der Waals surface area contributed by atoms with Crippen LogP contribution in [0, 0.1) is 17.1 Å². The van der Waals surface area contributed by atoms with Crippen molar-refractivity contribution in [3.63, 3.8) is 0 Å². The van der Waals surface area contributed by atoms with Crippen LogP contribution in [0.5, 0.6) is 0 Å². The molecule has 0 saturated carbocycles. The highest BCUT2D eigenvalue weighted by Crippen LogP contribution is 2.23. The van der Waals surface area contributed by atoms with Gasteiger partial charge in [0.25, 0.3) is 0 Å². The van der Waals surface area contributed by atoms with Gasteiger partial charge in [-0.2, -0.15) is 5.26 Å². The van der Waals surface area contributed by atoms with Gasteiger partial charge in [-0.05, 0) is 36.6 Å². The molecule has 2 aromatic carbocycles. The highest BCUT2D eigenvalue weighted by Gasteiger charge is 2.17. The summed E-state index contributed by atoms with van der Waals surface area (Å²) in [4.78, 5) is 12.0. The molecule has 0 aliphatic rings. The summed E-state index contributed by atoms with van der Waals surface area (Å²) in [6.07, 6.45) is 1.47. The second-order valence-electron chi connectivity index (χ2n) is 5.25. The van der Waals surface area contributed by atoms with Crippen molar-refractivity contribution in [2.75, 3.05) is 0 Å². The predicted molar refractivity (Wildman–Crippen MR) is 92.3 cm³/mol. The van der Waals surface area contributed by atoms with Crippen molar-refractivity contribution >= 4 is 29.1 Å². The van der Waals surface area contributed by atoms with Crippen LogP contribution < -0.4 is 5.32 Å². The SMILES string of the molecule is N#CC(NC(=O)CCCc1ccc(Cl)c(Cl)c1)c1ccccc1F. The van der Waals surface area contributed by atoms with E-state index in [0.29, 0.717) is 22.9 Å². The number of nitrogens with one attached hydrogen (secondary N) is 1. The van der Waals surface area contributed by atoms with E-state index in [-0.39, 0.29) is 17.9 Å². The second-order valence-corrected chi connectivity index (χ2v) is 6.07. The lowest BCUT2D eigenvalue weighted by atomic mass is 10.1. The number of rotatable bonds is 6. The summed E-state index contributed by atoms with van der Waals surface area (Å²) in [6, 6.07) is 12.1. The number of aryl methyl sites for hydroxylation is 1. The molecule has 0 aliphatic carbocycles. The van der Waals surface area contributed by atoms with Crippen molar-refractivity contribution in [3.05, 3.63) is 69.5 Å². The van der Waals surface area contributed by atoms with Gasteiger partial charge in [0.2, 0.25) is 5.91 Å². The maximum Gasteiger partial charge on any atom is 0.221 e. The average Bonchev–Trinajstić information content (AvgIpc) is 2.56. The zero-order valence-electron chi connectivity index (χ0n) is 12.7. The molecule has 0 spiro atoms. The van der Waals surface area contributed by atoms with Crippen molar-refractivity contribution in [1.29, 1.82) is 5.26 Å². The molecule has 1 N–H and O–H groups in total. The molecule has 2 rings (SSSR count). The summed E-state index contributed by atoms with van der Waals surface area (Å²) in [5, 5.41) is 12.7. The van der Waals surface area contributed by atoms with Crippen LogP contribution >= 0.6 is 23.2 Å². The zero-order valence-corrected chi connectivity index (χ0v) is 14.2. The van der Waals surface area contributed by atoms with E-state index in [1.54, 1.807) is 18.2 Å². The van der Waals surface area contributed by atoms with E-state index in [1.807, 2.05) is 12.1 Å². The van der Waals surface area contributed by atoms with Crippen LogP contribution in [0.15, 0.2) is 42.5 Å². The average molecular weight is 365 g/mol. The normalized spacial score (nSPS) is 11.6. The summed E-state index contributed by atoms with van der Waals surface area (Å²) in [5.74, 6) is -0.815. The highest BCUT2D eigenvalue weighted by atomic mass is 35.5. The molecule has 1 amide bonds. The number of carbonyl (C=O) groups is 1. The summed E-state index contributed by atoms with van der Waals surface area (Å²) in [6.45, 7) is 0. The number of nitriles is 1. The minimum atomic E-state index is -0.997. The number of halogens is 3. The molecular weight excluding hydrogens is 350 g/mol. The van der Waals surface area contributed by atoms with Gasteiger partial charge in [-0.25, -0.2) is 4.39 Å². The van der Waals surface area contributed by atoms with Crippen LogP contribution in [0.25, 0.3) is 0 Å². The van der Waals surface area contributed by atoms with Gasteiger partial charge in [0, 0.05) is 12.0 Å². The van der Waals surface area contributed by atoms with Crippen LogP contribution in [0.4, 0.5) is 4.39 Å². The summed E-state index contributed by atoms with van der Waals surface area (Å²) >= 11 is 11.8. The second kappa shape index (κ2) is 8.68. The largest absolute Gasteiger partial charge is 0.337 e. The van der Waals surface area contributed by atoms with Crippen molar-refractivity contribution in [1.82, 2.24) is 5.32 Å². The first-order chi connectivity index (χ1) is 11.5. The van der Waals surface area contributed by atoms with Gasteiger partial charge in [0.15, 0.2) is 0 Å². The lowest BCUT2D eigenvalue weighted by molar-refractivity contribution is -0.121. The molecule has 0 aromatic heterocycles. The number of nitrogens with zero attached hydrogens (tertiary/aromatic N) is 1. The Morgan fingerprint density at radius 3 is 2.62 bits per heavy atom. The fourth-order valence-electron chi connectivity index (χ4n) is 2.27. The summed E-state index contributed by atoms with van der Waals surface area (Å²) in [5.41, 5.74) is 1.14. The summed E-state index contributed by atoms with van der Waals surface area (Å²) in [7, 11) is 0. The molecule has 0 aliphatic heterocycles. The molecule has 124 valence electrons. The fourth-order valence-corrected chi connectivity index (χ4v) is 2.59. The van der Waals surface area contributed by atoms with Crippen LogP contribution in [-0.2, 0) is 11.2 Å². The Labute approximate surface area is 150 Å². The van der Waals surface area contributed by atoms with Crippen molar-refractivity contribution in [2.24, 2.45) is 0 Å². The monoisotopic (exact) mass is 364 g/mol. The van der Waals surface area contributed by atoms with E-state index in [9.17, 15) is 9.18 Å². The van der Waals surface area contributed by atoms with Gasteiger partial charge < -0.3 is 5.32 Å². The molecule has 2 aromatic rings. The van der Waals surface area contributed by atoms with Crippen LogP contribution in [0.2, 0.25) is 10.0 Å². The summed E-state index contributed by atoms with van der Waals surface area (Å²) < 4.78 is 13.7. The van der Waals surface area contributed by atoms with E-state index in [2.05, 4.69) is 5.32 Å². The topological polar surface area (TPSA) is 52.9 Å². The number of amides is 1. The van der Waals surface area contributed by atoms with Crippen molar-refractivity contribution in [3.8, 4) is 6.07 Å². The molecule has 0 saturated heterocycles. The fraction of sp³-hybridized carbons (Fsp3) is 0.222. The lowest BCUT2D eigenvalue weighted by Gasteiger charge is -2.12. The van der Waals surface area contributed by atoms with E-state index >= 15 is 0 Å². The Balaban J connectivity index is 1.87. The zero-order chi connectivity index (χ0) is 17.5. The standard InChI is InChI=1S/C18H15Cl2FN2O/c19-14-9-8-12(10-15(14)20)4-3-7-18(24)23-17(11-22)13-5-1-2-6-16(13)21/h1-2,5-6,8-10,17H,3-4,7H2,(H,23,24). The van der Waals surface area contributed by atoms with Crippen LogP contribution in [-0.4, -0.2) is 5.91 Å². The Bertz CT molecular complexity index is 774. The van der Waals surface area contributed by atoms with Crippen molar-refractivity contribution < 1.29 is 9.18 Å². The minimum Gasteiger partial charge on any atom is -0.337 e. The first-order valence-electron chi connectivity index (χ1n) is 7.38. The number of hydrogen-bond donors (Lipinski definition) is 1. The lowest BCUT2D eigenvalue weighted by Crippen LogP contribution is -2.28. The van der Waals surface area contributed by atoms with Gasteiger partial charge in [-0.3, -0.25) is 4.79 Å². The Hall–Kier alpha value is -2.09. The quantitative estimate of drug-likeness (QED) is 0.797.